The van der Waals surface area contributed by atoms with E-state index in [2.05, 4.69) is 20.0 Å². The van der Waals surface area contributed by atoms with Gasteiger partial charge in [0.05, 0.1) is 12.7 Å². The zero-order chi connectivity index (χ0) is 17.9. The van der Waals surface area contributed by atoms with Gasteiger partial charge in [-0.2, -0.15) is 4.98 Å². The summed E-state index contributed by atoms with van der Waals surface area (Å²) in [5, 5.41) is 4.06. The molecule has 0 atom stereocenters. The van der Waals surface area contributed by atoms with Gasteiger partial charge in [-0.05, 0) is 49.2 Å². The maximum absolute atomic E-state index is 5.96. The van der Waals surface area contributed by atoms with Crippen molar-refractivity contribution in [2.75, 3.05) is 25.1 Å². The van der Waals surface area contributed by atoms with Crippen molar-refractivity contribution in [2.45, 2.75) is 18.9 Å². The van der Waals surface area contributed by atoms with Crippen molar-refractivity contribution in [1.29, 1.82) is 0 Å². The Morgan fingerprint density at radius 3 is 2.46 bits per heavy atom. The van der Waals surface area contributed by atoms with Gasteiger partial charge in [-0.3, -0.25) is 0 Å². The molecule has 3 heterocycles. The first kappa shape index (κ1) is 16.5. The Hall–Kier alpha value is -2.93. The molecule has 0 radical (unpaired) electrons. The summed E-state index contributed by atoms with van der Waals surface area (Å²) >= 11 is 0. The fourth-order valence-electron chi connectivity index (χ4n) is 3.03. The second-order valence-electron chi connectivity index (χ2n) is 6.38. The van der Waals surface area contributed by atoms with Gasteiger partial charge >= 0.3 is 0 Å². The zero-order valence-electron chi connectivity index (χ0n) is 14.6. The number of ether oxygens (including phenoxy) is 1. The van der Waals surface area contributed by atoms with E-state index >= 15 is 0 Å². The molecule has 0 unspecified atom stereocenters. The smallest absolute Gasteiger partial charge is 0.259 e. The standard InChI is InChI=1S/C19H21N5O2/c1-25-16-5-2-13(3-6-16)18-22-19(26-23-18)14-4-7-17(21-12-14)24-10-8-15(20)9-11-24/h2-7,12,15H,8-11,20H2,1H3. The number of hydrogen-bond donors (Lipinski definition) is 1. The van der Waals surface area contributed by atoms with Gasteiger partial charge in [0.25, 0.3) is 5.89 Å². The quantitative estimate of drug-likeness (QED) is 0.773. The highest BCUT2D eigenvalue weighted by atomic mass is 16.5. The van der Waals surface area contributed by atoms with Crippen molar-refractivity contribution in [3.05, 3.63) is 42.6 Å². The Bertz CT molecular complexity index is 852. The van der Waals surface area contributed by atoms with E-state index in [1.807, 2.05) is 36.4 Å². The predicted molar refractivity (Wildman–Crippen MR) is 98.9 cm³/mol. The van der Waals surface area contributed by atoms with E-state index < -0.39 is 0 Å². The molecule has 2 aromatic heterocycles. The number of nitrogens with two attached hydrogens (primary N) is 1. The van der Waals surface area contributed by atoms with Crippen molar-refractivity contribution in [3.63, 3.8) is 0 Å². The molecular weight excluding hydrogens is 330 g/mol. The minimum Gasteiger partial charge on any atom is -0.497 e. The predicted octanol–water partition coefficient (Wildman–Crippen LogP) is 2.73. The normalized spacial score (nSPS) is 15.2. The molecule has 26 heavy (non-hydrogen) atoms. The summed E-state index contributed by atoms with van der Waals surface area (Å²) in [5.41, 5.74) is 7.63. The van der Waals surface area contributed by atoms with Crippen LogP contribution in [0.3, 0.4) is 0 Å². The minimum atomic E-state index is 0.306. The van der Waals surface area contributed by atoms with Crippen molar-refractivity contribution >= 4 is 5.82 Å². The van der Waals surface area contributed by atoms with Crippen LogP contribution in [0.25, 0.3) is 22.8 Å². The van der Waals surface area contributed by atoms with Crippen LogP contribution in [0.15, 0.2) is 47.1 Å². The summed E-state index contributed by atoms with van der Waals surface area (Å²) in [4.78, 5) is 11.3. The summed E-state index contributed by atoms with van der Waals surface area (Å²) in [6, 6.07) is 11.8. The molecule has 7 heteroatoms. The molecule has 2 N–H and O–H groups in total. The molecule has 134 valence electrons. The second kappa shape index (κ2) is 7.13. The maximum Gasteiger partial charge on any atom is 0.259 e. The Kier molecular flexibility index (Phi) is 4.53. The topological polar surface area (TPSA) is 90.3 Å². The van der Waals surface area contributed by atoms with Gasteiger partial charge in [0.1, 0.15) is 11.6 Å². The summed E-state index contributed by atoms with van der Waals surface area (Å²) in [6.07, 6.45) is 3.77. The fourth-order valence-corrected chi connectivity index (χ4v) is 3.03. The van der Waals surface area contributed by atoms with E-state index in [4.69, 9.17) is 15.0 Å². The Morgan fingerprint density at radius 2 is 1.81 bits per heavy atom. The van der Waals surface area contributed by atoms with E-state index in [0.29, 0.717) is 17.8 Å². The molecule has 1 aromatic carbocycles. The molecule has 0 bridgehead atoms. The molecule has 1 saturated heterocycles. The summed E-state index contributed by atoms with van der Waals surface area (Å²) in [5.74, 6) is 2.73. The van der Waals surface area contributed by atoms with Crippen LogP contribution in [0.5, 0.6) is 5.75 Å². The SMILES string of the molecule is COc1ccc(-c2noc(-c3ccc(N4CCC(N)CC4)nc3)n2)cc1. The molecule has 4 rings (SSSR count). The first-order valence-corrected chi connectivity index (χ1v) is 8.68. The molecule has 1 aliphatic heterocycles. The van der Waals surface area contributed by atoms with Gasteiger partial charge in [0.2, 0.25) is 5.82 Å². The van der Waals surface area contributed by atoms with Crippen LogP contribution in [0.2, 0.25) is 0 Å². The van der Waals surface area contributed by atoms with Gasteiger partial charge < -0.3 is 19.9 Å². The third-order valence-electron chi connectivity index (χ3n) is 4.63. The third kappa shape index (κ3) is 3.39. The highest BCUT2D eigenvalue weighted by molar-refractivity contribution is 5.61. The lowest BCUT2D eigenvalue weighted by Crippen LogP contribution is -2.40. The number of nitrogens with zero attached hydrogens (tertiary/aromatic N) is 4. The number of rotatable bonds is 4. The van der Waals surface area contributed by atoms with Gasteiger partial charge in [-0.1, -0.05) is 5.16 Å². The van der Waals surface area contributed by atoms with Crippen LogP contribution in [0, 0.1) is 0 Å². The van der Waals surface area contributed by atoms with Crippen molar-refractivity contribution in [1.82, 2.24) is 15.1 Å². The number of anilines is 1. The lowest BCUT2D eigenvalue weighted by Gasteiger charge is -2.31. The van der Waals surface area contributed by atoms with E-state index in [1.54, 1.807) is 13.3 Å². The molecular formula is C19H21N5O2. The van der Waals surface area contributed by atoms with Crippen LogP contribution in [-0.2, 0) is 0 Å². The first-order valence-electron chi connectivity index (χ1n) is 8.68. The van der Waals surface area contributed by atoms with E-state index in [1.165, 1.54) is 0 Å². The van der Waals surface area contributed by atoms with Gasteiger partial charge in [0.15, 0.2) is 0 Å². The van der Waals surface area contributed by atoms with Crippen molar-refractivity contribution < 1.29 is 9.26 Å². The number of aromatic nitrogens is 3. The number of benzene rings is 1. The molecule has 1 fully saturated rings. The molecule has 0 aliphatic carbocycles. The average molecular weight is 351 g/mol. The lowest BCUT2D eigenvalue weighted by molar-refractivity contribution is 0.415. The molecule has 7 nitrogen and oxygen atoms in total. The van der Waals surface area contributed by atoms with E-state index in [0.717, 1.165) is 48.6 Å². The summed E-state index contributed by atoms with van der Waals surface area (Å²) < 4.78 is 10.6. The summed E-state index contributed by atoms with van der Waals surface area (Å²) in [7, 11) is 1.64. The van der Waals surface area contributed by atoms with Gasteiger partial charge in [-0.15, -0.1) is 0 Å². The van der Waals surface area contributed by atoms with Crippen molar-refractivity contribution in [3.8, 4) is 28.6 Å². The highest BCUT2D eigenvalue weighted by Crippen LogP contribution is 2.25. The molecule has 0 amide bonds. The molecule has 0 spiro atoms. The Balaban J connectivity index is 1.50. The van der Waals surface area contributed by atoms with Crippen LogP contribution < -0.4 is 15.4 Å². The minimum absolute atomic E-state index is 0.306. The second-order valence-corrected chi connectivity index (χ2v) is 6.38. The van der Waals surface area contributed by atoms with Crippen molar-refractivity contribution in [2.24, 2.45) is 5.73 Å². The zero-order valence-corrected chi connectivity index (χ0v) is 14.6. The molecule has 1 aliphatic rings. The van der Waals surface area contributed by atoms with E-state index in [-0.39, 0.29) is 0 Å². The number of hydrogen-bond acceptors (Lipinski definition) is 7. The Morgan fingerprint density at radius 1 is 1.08 bits per heavy atom. The fraction of sp³-hybridized carbons (Fsp3) is 0.316. The van der Waals surface area contributed by atoms with Gasteiger partial charge in [0, 0.05) is 30.9 Å². The maximum atomic E-state index is 5.96. The average Bonchev–Trinajstić information content (AvgIpc) is 3.19. The van der Waals surface area contributed by atoms with Gasteiger partial charge in [-0.25, -0.2) is 4.98 Å². The monoisotopic (exact) mass is 351 g/mol. The van der Waals surface area contributed by atoms with Crippen LogP contribution in [-0.4, -0.2) is 41.4 Å². The number of pyridine rings is 1. The van der Waals surface area contributed by atoms with Crippen LogP contribution in [0.1, 0.15) is 12.8 Å². The van der Waals surface area contributed by atoms with E-state index in [9.17, 15) is 0 Å². The van der Waals surface area contributed by atoms with Crippen LogP contribution in [0.4, 0.5) is 5.82 Å². The Labute approximate surface area is 151 Å². The third-order valence-corrected chi connectivity index (χ3v) is 4.63. The van der Waals surface area contributed by atoms with Crippen LogP contribution >= 0.6 is 0 Å². The number of methoxy groups -OCH3 is 1. The highest BCUT2D eigenvalue weighted by Gasteiger charge is 2.18. The molecule has 0 saturated carbocycles. The largest absolute Gasteiger partial charge is 0.497 e. The number of piperidine rings is 1. The first-order chi connectivity index (χ1) is 12.7. The molecule has 3 aromatic rings. The summed E-state index contributed by atoms with van der Waals surface area (Å²) in [6.45, 7) is 1.88. The lowest BCUT2D eigenvalue weighted by atomic mass is 10.1.